The minimum absolute atomic E-state index is 0.274. The predicted octanol–water partition coefficient (Wildman–Crippen LogP) is 7.66. The van der Waals surface area contributed by atoms with Gasteiger partial charge < -0.3 is 19.5 Å². The number of aromatic nitrogens is 2. The number of fused-ring (bicyclic) bond motifs is 3. The Kier molecular flexibility index (Phi) is 10.3. The molecule has 0 aliphatic heterocycles. The van der Waals surface area contributed by atoms with Crippen LogP contribution in [0.15, 0.2) is 53.6 Å². The molecule has 10 nitrogen and oxygen atoms in total. The van der Waals surface area contributed by atoms with Crippen molar-refractivity contribution in [2.24, 2.45) is 10.8 Å². The van der Waals surface area contributed by atoms with E-state index < -0.39 is 29.2 Å². The second kappa shape index (κ2) is 13.5. The highest BCUT2D eigenvalue weighted by Gasteiger charge is 2.45. The summed E-state index contributed by atoms with van der Waals surface area (Å²) in [5, 5.41) is 1.57. The van der Waals surface area contributed by atoms with Gasteiger partial charge in [0.25, 0.3) is 0 Å². The molecule has 2 aromatic carbocycles. The number of aromatic amines is 1. The number of likely N-dealkylation sites (N-methyl/N-ethyl adjacent to an activating group) is 1. The molecule has 4 aromatic rings. The molecule has 5 rings (SSSR count). The van der Waals surface area contributed by atoms with Crippen molar-refractivity contribution in [1.82, 2.24) is 14.9 Å². The number of nitrogens with zero attached hydrogens (tertiary/aromatic N) is 2. The second-order valence-corrected chi connectivity index (χ2v) is 18.6. The Morgan fingerprint density at radius 3 is 2.38 bits per heavy atom. The first kappa shape index (κ1) is 36.5. The van der Waals surface area contributed by atoms with Crippen molar-refractivity contribution in [3.05, 3.63) is 54.2 Å². The van der Waals surface area contributed by atoms with Crippen molar-refractivity contribution < 1.29 is 32.0 Å². The molecular formula is C36H50N3O7PS. The van der Waals surface area contributed by atoms with Crippen LogP contribution < -0.4 is 4.74 Å². The zero-order chi connectivity index (χ0) is 35.2. The number of pyridine rings is 1. The Morgan fingerprint density at radius 1 is 1.06 bits per heavy atom. The van der Waals surface area contributed by atoms with E-state index in [0.717, 1.165) is 38.6 Å². The molecule has 48 heavy (non-hydrogen) atoms. The maximum atomic E-state index is 13.1. The average molecular weight is 700 g/mol. The molecule has 3 N–H and O–H groups in total. The highest BCUT2D eigenvalue weighted by atomic mass is 32.2. The van der Waals surface area contributed by atoms with Crippen LogP contribution in [0.3, 0.4) is 0 Å². The third-order valence-corrected chi connectivity index (χ3v) is 11.8. The number of ether oxygens (including phenoxy) is 1. The fourth-order valence-corrected chi connectivity index (χ4v) is 9.14. The third-order valence-electron chi connectivity index (χ3n) is 9.07. The summed E-state index contributed by atoms with van der Waals surface area (Å²) in [6, 6.07) is 12.9. The normalized spacial score (nSPS) is 16.1. The first-order chi connectivity index (χ1) is 22.3. The highest BCUT2D eigenvalue weighted by molar-refractivity contribution is 7.92. The zero-order valence-electron chi connectivity index (χ0n) is 29.3. The van der Waals surface area contributed by atoms with E-state index in [2.05, 4.69) is 41.7 Å². The Hall–Kier alpha value is -2.79. The van der Waals surface area contributed by atoms with Gasteiger partial charge in [-0.15, -0.1) is 0 Å². The first-order valence-electron chi connectivity index (χ1n) is 16.7. The standard InChI is InChI=1S/C36H50N3O7PS/c1-9-39(32(35(3,4)5)33(36(6,7)8)46-47(40,41)42)18-11-19-45-29-17-16-27(30-28-20-23(2)22-37-34(28)38-31(29)30)24-12-10-13-26(21-24)48(43,44)25-14-15-25/h10,12-13,16-17,20-22,25,32-33H,9,11,14-15,18-19H2,1-8H3,(H,37,38)(H2,40,41,42). The number of rotatable bonds is 13. The first-order valence-corrected chi connectivity index (χ1v) is 19.7. The Balaban J connectivity index is 1.43. The Labute approximate surface area is 284 Å². The van der Waals surface area contributed by atoms with Crippen LogP contribution in [0, 0.1) is 17.8 Å². The van der Waals surface area contributed by atoms with Crippen LogP contribution in [0.2, 0.25) is 0 Å². The van der Waals surface area contributed by atoms with Crippen molar-refractivity contribution in [3.8, 4) is 16.9 Å². The minimum atomic E-state index is -4.73. The van der Waals surface area contributed by atoms with Gasteiger partial charge in [0.1, 0.15) is 11.4 Å². The smallest absolute Gasteiger partial charge is 0.469 e. The summed E-state index contributed by atoms with van der Waals surface area (Å²) in [6.45, 7) is 17.8. The number of sulfone groups is 1. The summed E-state index contributed by atoms with van der Waals surface area (Å²) in [4.78, 5) is 30.3. The molecule has 12 heteroatoms. The van der Waals surface area contributed by atoms with Gasteiger partial charge in [-0.1, -0.05) is 60.6 Å². The van der Waals surface area contributed by atoms with E-state index >= 15 is 0 Å². The number of H-pyrrole nitrogens is 1. The van der Waals surface area contributed by atoms with Gasteiger partial charge in [-0.2, -0.15) is 0 Å². The lowest BCUT2D eigenvalue weighted by Gasteiger charge is -2.48. The van der Waals surface area contributed by atoms with Crippen LogP contribution in [-0.4, -0.2) is 70.2 Å². The van der Waals surface area contributed by atoms with Gasteiger partial charge >= 0.3 is 7.82 Å². The molecule has 0 radical (unpaired) electrons. The average Bonchev–Trinajstić information content (AvgIpc) is 3.78. The lowest BCUT2D eigenvalue weighted by atomic mass is 9.73. The van der Waals surface area contributed by atoms with Gasteiger partial charge in [0.05, 0.1) is 28.4 Å². The zero-order valence-corrected chi connectivity index (χ0v) is 31.0. The predicted molar refractivity (Wildman–Crippen MR) is 191 cm³/mol. The maximum Gasteiger partial charge on any atom is 0.469 e. The fourth-order valence-electron chi connectivity index (χ4n) is 6.71. The summed E-state index contributed by atoms with van der Waals surface area (Å²) in [6.07, 6.45) is 3.18. The van der Waals surface area contributed by atoms with Crippen LogP contribution in [0.5, 0.6) is 5.75 Å². The number of phosphoric ester groups is 1. The summed E-state index contributed by atoms with van der Waals surface area (Å²) in [5.74, 6) is 0.666. The SMILES string of the molecule is CCN(CCCOc1ccc(-c2cccc(S(=O)(=O)C3CC3)c2)c2c1[nH]c1ncc(C)cc12)C(C(OP(=O)(O)O)C(C)(C)C)C(C)(C)C. The van der Waals surface area contributed by atoms with Crippen LogP contribution in [0.1, 0.15) is 73.3 Å². The number of phosphoric acid groups is 1. The number of aryl methyl sites for hydroxylation is 1. The lowest BCUT2D eigenvalue weighted by Crippen LogP contribution is -2.56. The van der Waals surface area contributed by atoms with E-state index in [1.54, 1.807) is 18.2 Å². The summed E-state index contributed by atoms with van der Waals surface area (Å²) >= 11 is 0. The van der Waals surface area contributed by atoms with Gasteiger partial charge in [-0.25, -0.2) is 18.0 Å². The van der Waals surface area contributed by atoms with E-state index in [1.165, 1.54) is 0 Å². The summed E-state index contributed by atoms with van der Waals surface area (Å²) < 4.78 is 50.1. The monoisotopic (exact) mass is 699 g/mol. The van der Waals surface area contributed by atoms with E-state index in [0.29, 0.717) is 49.6 Å². The van der Waals surface area contributed by atoms with Crippen LogP contribution in [0.25, 0.3) is 33.1 Å². The maximum absolute atomic E-state index is 13.1. The van der Waals surface area contributed by atoms with Crippen molar-refractivity contribution in [3.63, 3.8) is 0 Å². The Bertz CT molecular complexity index is 1930. The quantitative estimate of drug-likeness (QED) is 0.0947. The van der Waals surface area contributed by atoms with Crippen molar-refractivity contribution >= 4 is 39.6 Å². The lowest BCUT2D eigenvalue weighted by molar-refractivity contribution is -0.0585. The van der Waals surface area contributed by atoms with E-state index in [-0.39, 0.29) is 16.7 Å². The molecule has 1 fully saturated rings. The van der Waals surface area contributed by atoms with Crippen molar-refractivity contribution in [2.75, 3.05) is 19.7 Å². The Morgan fingerprint density at radius 2 is 1.77 bits per heavy atom. The highest BCUT2D eigenvalue weighted by Crippen LogP contribution is 2.47. The molecule has 0 spiro atoms. The van der Waals surface area contributed by atoms with E-state index in [1.807, 2.05) is 59.0 Å². The van der Waals surface area contributed by atoms with E-state index in [9.17, 15) is 22.8 Å². The van der Waals surface area contributed by atoms with Crippen molar-refractivity contribution in [1.29, 1.82) is 0 Å². The van der Waals surface area contributed by atoms with Gasteiger partial charge in [0.15, 0.2) is 9.84 Å². The molecule has 0 bridgehead atoms. The van der Waals surface area contributed by atoms with Crippen molar-refractivity contribution in [2.45, 2.75) is 96.9 Å². The minimum Gasteiger partial charge on any atom is -0.491 e. The molecule has 2 unspecified atom stereocenters. The molecule has 1 saturated carbocycles. The van der Waals surface area contributed by atoms with Gasteiger partial charge in [0, 0.05) is 29.6 Å². The fraction of sp³-hybridized carbons (Fsp3) is 0.528. The van der Waals surface area contributed by atoms with Crippen LogP contribution in [0.4, 0.5) is 0 Å². The van der Waals surface area contributed by atoms with Gasteiger partial charge in [0.2, 0.25) is 0 Å². The molecule has 1 aliphatic carbocycles. The van der Waals surface area contributed by atoms with E-state index in [4.69, 9.17) is 9.26 Å². The largest absolute Gasteiger partial charge is 0.491 e. The molecular weight excluding hydrogens is 649 g/mol. The molecule has 2 atom stereocenters. The summed E-state index contributed by atoms with van der Waals surface area (Å²) in [7, 11) is -8.08. The van der Waals surface area contributed by atoms with Crippen LogP contribution >= 0.6 is 7.82 Å². The molecule has 0 saturated heterocycles. The molecule has 1 aliphatic rings. The molecule has 262 valence electrons. The number of hydrogen-bond donors (Lipinski definition) is 3. The van der Waals surface area contributed by atoms with Gasteiger partial charge in [-0.3, -0.25) is 9.42 Å². The number of hydrogen-bond acceptors (Lipinski definition) is 7. The summed E-state index contributed by atoms with van der Waals surface area (Å²) in [5.41, 5.74) is 3.37. The molecule has 2 heterocycles. The topological polar surface area (TPSA) is 142 Å². The van der Waals surface area contributed by atoms with Crippen LogP contribution in [-0.2, 0) is 18.9 Å². The number of nitrogens with one attached hydrogen (secondary N) is 1. The molecule has 2 aromatic heterocycles. The molecule has 0 amide bonds. The second-order valence-electron chi connectivity index (χ2n) is 15.2. The number of benzene rings is 2. The van der Waals surface area contributed by atoms with Gasteiger partial charge in [-0.05, 0) is 90.6 Å². The third kappa shape index (κ3) is 7.98.